The first-order valence-corrected chi connectivity index (χ1v) is 10.9. The number of nitrogens with zero attached hydrogens (tertiary/aromatic N) is 4. The van der Waals surface area contributed by atoms with E-state index in [0.717, 1.165) is 55.3 Å². The number of aromatic nitrogens is 3. The van der Waals surface area contributed by atoms with Crippen molar-refractivity contribution < 1.29 is 14.3 Å². The van der Waals surface area contributed by atoms with Gasteiger partial charge >= 0.3 is 0 Å². The van der Waals surface area contributed by atoms with E-state index in [0.29, 0.717) is 18.0 Å². The van der Waals surface area contributed by atoms with Gasteiger partial charge in [-0.05, 0) is 49.2 Å². The third kappa shape index (κ3) is 5.63. The van der Waals surface area contributed by atoms with Crippen molar-refractivity contribution in [2.24, 2.45) is 0 Å². The third-order valence-corrected chi connectivity index (χ3v) is 5.50. The Morgan fingerprint density at radius 3 is 2.79 bits per heavy atom. The van der Waals surface area contributed by atoms with Gasteiger partial charge in [0, 0.05) is 31.4 Å². The van der Waals surface area contributed by atoms with Gasteiger partial charge in [0.15, 0.2) is 11.5 Å². The largest absolute Gasteiger partial charge is 0.492 e. The lowest BCUT2D eigenvalue weighted by molar-refractivity contribution is 0.0322. The Kier molecular flexibility index (Phi) is 7.11. The molecule has 3 N–H and O–H groups in total. The summed E-state index contributed by atoms with van der Waals surface area (Å²) in [6, 6.07) is 7.47. The number of carbonyl (C=O) groups excluding carboxylic acids is 1. The molecule has 9 heteroatoms. The van der Waals surface area contributed by atoms with Crippen LogP contribution < -0.4 is 15.8 Å². The molecule has 3 heterocycles. The van der Waals surface area contributed by atoms with Gasteiger partial charge in [-0.25, -0.2) is 9.97 Å². The van der Waals surface area contributed by atoms with Gasteiger partial charge in [0.25, 0.3) is 5.91 Å². The molecule has 0 atom stereocenters. The molecule has 33 heavy (non-hydrogen) atoms. The number of morpholine rings is 1. The van der Waals surface area contributed by atoms with E-state index in [-0.39, 0.29) is 11.5 Å². The Morgan fingerprint density at radius 2 is 2.03 bits per heavy atom. The minimum atomic E-state index is -0.438. The van der Waals surface area contributed by atoms with Crippen molar-refractivity contribution in [2.75, 3.05) is 50.5 Å². The second-order valence-corrected chi connectivity index (χ2v) is 7.92. The van der Waals surface area contributed by atoms with E-state index in [4.69, 9.17) is 15.2 Å². The molecule has 1 aliphatic rings. The zero-order valence-electron chi connectivity index (χ0n) is 18.9. The molecular formula is C24H28N6O3. The third-order valence-electron chi connectivity index (χ3n) is 5.50. The van der Waals surface area contributed by atoms with Crippen LogP contribution in [0.3, 0.4) is 0 Å². The number of pyridine rings is 1. The summed E-state index contributed by atoms with van der Waals surface area (Å²) in [7, 11) is 0. The zero-order valence-corrected chi connectivity index (χ0v) is 18.9. The first kappa shape index (κ1) is 22.6. The van der Waals surface area contributed by atoms with Crippen LogP contribution in [0.1, 0.15) is 21.6 Å². The summed E-state index contributed by atoms with van der Waals surface area (Å²) in [5, 5.41) is 2.75. The Morgan fingerprint density at radius 1 is 1.21 bits per heavy atom. The molecule has 0 spiro atoms. The zero-order chi connectivity index (χ0) is 23.2. The van der Waals surface area contributed by atoms with Crippen molar-refractivity contribution in [3.8, 4) is 17.0 Å². The van der Waals surface area contributed by atoms with Gasteiger partial charge in [-0.1, -0.05) is 0 Å². The summed E-state index contributed by atoms with van der Waals surface area (Å²) < 4.78 is 11.4. The van der Waals surface area contributed by atoms with Gasteiger partial charge in [-0.3, -0.25) is 14.7 Å². The lowest BCUT2D eigenvalue weighted by Crippen LogP contribution is -2.38. The topological polar surface area (TPSA) is 115 Å². The number of hydrogen-bond donors (Lipinski definition) is 2. The van der Waals surface area contributed by atoms with Gasteiger partial charge in [0.05, 0.1) is 37.0 Å². The van der Waals surface area contributed by atoms with Crippen molar-refractivity contribution in [3.05, 3.63) is 59.7 Å². The number of aryl methyl sites for hydroxylation is 2. The lowest BCUT2D eigenvalue weighted by atomic mass is 10.0. The first-order valence-electron chi connectivity index (χ1n) is 10.9. The van der Waals surface area contributed by atoms with Crippen LogP contribution in [0, 0.1) is 13.8 Å². The molecule has 1 saturated heterocycles. The lowest BCUT2D eigenvalue weighted by Gasteiger charge is -2.26. The van der Waals surface area contributed by atoms with Crippen LogP contribution in [0.2, 0.25) is 0 Å². The van der Waals surface area contributed by atoms with Crippen molar-refractivity contribution in [1.29, 1.82) is 0 Å². The number of amides is 1. The number of rotatable bonds is 7. The van der Waals surface area contributed by atoms with Gasteiger partial charge in [-0.15, -0.1) is 0 Å². The molecule has 0 saturated carbocycles. The van der Waals surface area contributed by atoms with Crippen LogP contribution in [0.15, 0.2) is 42.9 Å². The molecule has 1 amide bonds. The Labute approximate surface area is 193 Å². The Balaban J connectivity index is 1.49. The normalized spacial score (nSPS) is 14.1. The maximum absolute atomic E-state index is 12.7. The Hall–Kier alpha value is -3.56. The van der Waals surface area contributed by atoms with E-state index in [9.17, 15) is 4.79 Å². The van der Waals surface area contributed by atoms with Crippen molar-refractivity contribution in [1.82, 2.24) is 19.9 Å². The monoisotopic (exact) mass is 448 g/mol. The van der Waals surface area contributed by atoms with Crippen LogP contribution in [-0.4, -0.2) is 65.2 Å². The molecule has 1 aliphatic heterocycles. The number of hydrogen-bond acceptors (Lipinski definition) is 8. The summed E-state index contributed by atoms with van der Waals surface area (Å²) in [6.45, 7) is 8.88. The SMILES string of the molecule is Cc1cc(-c2cnc(N)c(C(=O)Nc3cccnc3)n2)c(C)cc1OCCN1CCOCC1. The molecule has 172 valence electrons. The Bertz CT molecular complexity index is 1120. The molecule has 0 bridgehead atoms. The maximum Gasteiger partial charge on any atom is 0.278 e. The van der Waals surface area contributed by atoms with Gasteiger partial charge in [0.2, 0.25) is 0 Å². The minimum Gasteiger partial charge on any atom is -0.492 e. The molecule has 0 aliphatic carbocycles. The van der Waals surface area contributed by atoms with Gasteiger partial charge in [-0.2, -0.15) is 0 Å². The molecule has 2 aromatic heterocycles. The number of ether oxygens (including phenoxy) is 2. The quantitative estimate of drug-likeness (QED) is 0.567. The second kappa shape index (κ2) is 10.4. The summed E-state index contributed by atoms with van der Waals surface area (Å²) in [5.74, 6) is 0.465. The van der Waals surface area contributed by atoms with Gasteiger partial charge < -0.3 is 20.5 Å². The molecule has 4 rings (SSSR count). The molecule has 0 unspecified atom stereocenters. The summed E-state index contributed by atoms with van der Waals surface area (Å²) in [6.07, 6.45) is 4.76. The highest BCUT2D eigenvalue weighted by Gasteiger charge is 2.17. The summed E-state index contributed by atoms with van der Waals surface area (Å²) in [5.41, 5.74) is 9.97. The van der Waals surface area contributed by atoms with Crippen molar-refractivity contribution in [2.45, 2.75) is 13.8 Å². The number of nitrogen functional groups attached to an aromatic ring is 1. The fraction of sp³-hybridized carbons (Fsp3) is 0.333. The molecule has 3 aromatic rings. The van der Waals surface area contributed by atoms with E-state index in [1.54, 1.807) is 30.7 Å². The number of nitrogens with two attached hydrogens (primary N) is 1. The van der Waals surface area contributed by atoms with Gasteiger partial charge in [0.1, 0.15) is 12.4 Å². The average molecular weight is 449 g/mol. The van der Waals surface area contributed by atoms with E-state index >= 15 is 0 Å². The van der Waals surface area contributed by atoms with Crippen LogP contribution in [0.5, 0.6) is 5.75 Å². The number of benzene rings is 1. The summed E-state index contributed by atoms with van der Waals surface area (Å²) >= 11 is 0. The highest BCUT2D eigenvalue weighted by atomic mass is 16.5. The van der Waals surface area contributed by atoms with E-state index in [2.05, 4.69) is 25.2 Å². The molecular weight excluding hydrogens is 420 g/mol. The molecule has 9 nitrogen and oxygen atoms in total. The number of anilines is 2. The van der Waals surface area contributed by atoms with Crippen molar-refractivity contribution in [3.63, 3.8) is 0 Å². The number of nitrogens with one attached hydrogen (secondary N) is 1. The van der Waals surface area contributed by atoms with Crippen LogP contribution in [0.25, 0.3) is 11.3 Å². The molecule has 1 aromatic carbocycles. The number of carbonyl (C=O) groups is 1. The van der Waals surface area contributed by atoms with E-state index in [1.165, 1.54) is 0 Å². The van der Waals surface area contributed by atoms with Crippen molar-refractivity contribution >= 4 is 17.4 Å². The molecule has 0 radical (unpaired) electrons. The van der Waals surface area contributed by atoms with Crippen LogP contribution in [0.4, 0.5) is 11.5 Å². The average Bonchev–Trinajstić information content (AvgIpc) is 2.83. The predicted octanol–water partition coefficient (Wildman–Crippen LogP) is 2.70. The fourth-order valence-electron chi connectivity index (χ4n) is 3.65. The first-order chi connectivity index (χ1) is 16.0. The fourth-order valence-corrected chi connectivity index (χ4v) is 3.65. The predicted molar refractivity (Wildman–Crippen MR) is 126 cm³/mol. The van der Waals surface area contributed by atoms with Crippen LogP contribution >= 0.6 is 0 Å². The smallest absolute Gasteiger partial charge is 0.278 e. The van der Waals surface area contributed by atoms with E-state index < -0.39 is 5.91 Å². The van der Waals surface area contributed by atoms with Crippen LogP contribution in [-0.2, 0) is 4.74 Å². The second-order valence-electron chi connectivity index (χ2n) is 7.92. The summed E-state index contributed by atoms with van der Waals surface area (Å²) in [4.78, 5) is 27.8. The van der Waals surface area contributed by atoms with E-state index in [1.807, 2.05) is 26.0 Å². The standard InChI is InChI=1S/C24H28N6O3/c1-16-13-21(33-11-8-30-6-9-32-10-7-30)17(2)12-19(16)20-15-27-23(25)22(29-20)24(31)28-18-4-3-5-26-14-18/h3-5,12-15H,6-11H2,1-2H3,(H2,25,27)(H,28,31). The highest BCUT2D eigenvalue weighted by molar-refractivity contribution is 6.05. The highest BCUT2D eigenvalue weighted by Crippen LogP contribution is 2.29. The maximum atomic E-state index is 12.7. The minimum absolute atomic E-state index is 0.0672. The molecule has 1 fully saturated rings.